The van der Waals surface area contributed by atoms with Gasteiger partial charge in [0.15, 0.2) is 0 Å². The highest BCUT2D eigenvalue weighted by Crippen LogP contribution is 1.97. The highest BCUT2D eigenvalue weighted by Gasteiger charge is 2.01. The van der Waals surface area contributed by atoms with Crippen LogP contribution in [0.2, 0.25) is 0 Å². The summed E-state index contributed by atoms with van der Waals surface area (Å²) in [6, 6.07) is 0. The zero-order valence-corrected chi connectivity index (χ0v) is 10.2. The molecular weight excluding hydrogens is 218 g/mol. The average molecular weight is 237 g/mol. The molecule has 0 amide bonds. The number of ether oxygens (including phenoxy) is 1. The predicted octanol–water partition coefficient (Wildman–Crippen LogP) is 1.42. The molecule has 0 saturated carbocycles. The van der Waals surface area contributed by atoms with Gasteiger partial charge in [-0.15, -0.1) is 0 Å². The zero-order chi connectivity index (χ0) is 12.5. The molecule has 0 bridgehead atoms. The molecule has 0 saturated heterocycles. The summed E-state index contributed by atoms with van der Waals surface area (Å²) in [7, 11) is 0. The van der Waals surface area contributed by atoms with Crippen molar-refractivity contribution in [1.29, 1.82) is 0 Å². The lowest BCUT2D eigenvalue weighted by molar-refractivity contribution is -0.143. The highest BCUT2D eigenvalue weighted by molar-refractivity contribution is 5.69. The monoisotopic (exact) mass is 237 g/mol. The van der Waals surface area contributed by atoms with Crippen LogP contribution in [0, 0.1) is 0 Å². The third kappa shape index (κ3) is 5.31. The normalized spacial score (nSPS) is 10.2. The van der Waals surface area contributed by atoms with Gasteiger partial charge in [-0.05, 0) is 19.9 Å². The summed E-state index contributed by atoms with van der Waals surface area (Å²) in [6.07, 6.45) is 6.59. The molecule has 0 aliphatic heterocycles. The van der Waals surface area contributed by atoms with Gasteiger partial charge in [-0.25, -0.2) is 4.68 Å². The van der Waals surface area contributed by atoms with E-state index in [2.05, 4.69) is 17.0 Å². The second-order valence-electron chi connectivity index (χ2n) is 3.60. The number of nitrogens with zero attached hydrogens (tertiary/aromatic N) is 2. The molecule has 0 aromatic carbocycles. The fourth-order valence-corrected chi connectivity index (χ4v) is 1.39. The van der Waals surface area contributed by atoms with Gasteiger partial charge in [-0.1, -0.05) is 6.58 Å². The van der Waals surface area contributed by atoms with Crippen molar-refractivity contribution >= 4 is 12.2 Å². The minimum absolute atomic E-state index is 0.131. The Labute approximate surface area is 101 Å². The molecule has 1 rings (SSSR count). The Morgan fingerprint density at radius 2 is 2.53 bits per heavy atom. The first kappa shape index (κ1) is 13.4. The van der Waals surface area contributed by atoms with E-state index in [1.54, 1.807) is 17.1 Å². The number of hydrogen-bond acceptors (Lipinski definition) is 4. The molecule has 17 heavy (non-hydrogen) atoms. The van der Waals surface area contributed by atoms with Crippen molar-refractivity contribution in [2.24, 2.45) is 0 Å². The van der Waals surface area contributed by atoms with Gasteiger partial charge >= 0.3 is 5.97 Å². The van der Waals surface area contributed by atoms with Crippen LogP contribution < -0.4 is 5.32 Å². The Morgan fingerprint density at radius 3 is 3.18 bits per heavy atom. The fraction of sp³-hybridized carbons (Fsp3) is 0.500. The molecule has 94 valence electrons. The topological polar surface area (TPSA) is 56.2 Å². The number of rotatable bonds is 8. The van der Waals surface area contributed by atoms with E-state index in [0.717, 1.165) is 25.1 Å². The van der Waals surface area contributed by atoms with Crippen LogP contribution in [0.4, 0.5) is 0 Å². The van der Waals surface area contributed by atoms with Crippen LogP contribution in [0.1, 0.15) is 25.3 Å². The zero-order valence-electron chi connectivity index (χ0n) is 10.2. The number of hydrogen-bond donors (Lipinski definition) is 1. The molecule has 0 spiro atoms. The van der Waals surface area contributed by atoms with Gasteiger partial charge in [0.1, 0.15) is 0 Å². The second-order valence-corrected chi connectivity index (χ2v) is 3.60. The van der Waals surface area contributed by atoms with E-state index in [9.17, 15) is 4.79 Å². The maximum absolute atomic E-state index is 11.0. The molecule has 1 heterocycles. The molecule has 0 aliphatic rings. The lowest BCUT2D eigenvalue weighted by Gasteiger charge is -2.03. The molecule has 5 heteroatoms. The van der Waals surface area contributed by atoms with Gasteiger partial charge in [0.05, 0.1) is 12.8 Å². The lowest BCUT2D eigenvalue weighted by atomic mass is 10.3. The molecule has 1 N–H and O–H groups in total. The predicted molar refractivity (Wildman–Crippen MR) is 66.2 cm³/mol. The summed E-state index contributed by atoms with van der Waals surface area (Å²) in [5, 5.41) is 7.31. The number of carbonyl (C=O) groups is 1. The standard InChI is InChI=1S/C12H19N3O2/c1-3-15-10-11(9-14-15)8-13-7-5-6-12(16)17-4-2/h3,9-10,13H,1,4-8H2,2H3. The van der Waals surface area contributed by atoms with Gasteiger partial charge in [-0.2, -0.15) is 5.10 Å². The van der Waals surface area contributed by atoms with Crippen molar-refractivity contribution in [3.8, 4) is 0 Å². The van der Waals surface area contributed by atoms with Crippen molar-refractivity contribution in [3.63, 3.8) is 0 Å². The maximum atomic E-state index is 11.0. The Bertz CT molecular complexity index is 360. The van der Waals surface area contributed by atoms with Crippen LogP contribution in [0.3, 0.4) is 0 Å². The molecule has 1 aromatic rings. The van der Waals surface area contributed by atoms with E-state index in [1.165, 1.54) is 0 Å². The van der Waals surface area contributed by atoms with Gasteiger partial charge in [0.25, 0.3) is 0 Å². The third-order valence-corrected chi connectivity index (χ3v) is 2.21. The molecular formula is C12H19N3O2. The molecule has 5 nitrogen and oxygen atoms in total. The first-order chi connectivity index (χ1) is 8.26. The van der Waals surface area contributed by atoms with E-state index in [1.807, 2.05) is 13.1 Å². The summed E-state index contributed by atoms with van der Waals surface area (Å²) < 4.78 is 6.50. The smallest absolute Gasteiger partial charge is 0.305 e. The van der Waals surface area contributed by atoms with Crippen molar-refractivity contribution in [3.05, 3.63) is 24.5 Å². The highest BCUT2D eigenvalue weighted by atomic mass is 16.5. The Balaban J connectivity index is 2.08. The van der Waals surface area contributed by atoms with Crippen molar-refractivity contribution in [1.82, 2.24) is 15.1 Å². The van der Waals surface area contributed by atoms with Gasteiger partial charge in [0.2, 0.25) is 0 Å². The van der Waals surface area contributed by atoms with Gasteiger partial charge < -0.3 is 10.1 Å². The molecule has 0 fully saturated rings. The number of carbonyl (C=O) groups excluding carboxylic acids is 1. The van der Waals surface area contributed by atoms with Crippen LogP contribution in [0.5, 0.6) is 0 Å². The Hall–Kier alpha value is -1.62. The minimum Gasteiger partial charge on any atom is -0.466 e. The first-order valence-corrected chi connectivity index (χ1v) is 5.78. The van der Waals surface area contributed by atoms with Crippen LogP contribution >= 0.6 is 0 Å². The molecule has 0 radical (unpaired) electrons. The number of nitrogens with one attached hydrogen (secondary N) is 1. The molecule has 0 aliphatic carbocycles. The Morgan fingerprint density at radius 1 is 1.71 bits per heavy atom. The summed E-state index contributed by atoms with van der Waals surface area (Å²) in [5.41, 5.74) is 1.10. The number of esters is 1. The summed E-state index contributed by atoms with van der Waals surface area (Å²) >= 11 is 0. The quantitative estimate of drug-likeness (QED) is 0.548. The van der Waals surface area contributed by atoms with Crippen LogP contribution in [0.15, 0.2) is 19.0 Å². The summed E-state index contributed by atoms with van der Waals surface area (Å²) in [4.78, 5) is 11.0. The van der Waals surface area contributed by atoms with E-state index < -0.39 is 0 Å². The SMILES string of the molecule is C=Cn1cc(CNCCCC(=O)OCC)cn1. The van der Waals surface area contributed by atoms with Gasteiger partial charge in [0, 0.05) is 30.9 Å². The average Bonchev–Trinajstić information content (AvgIpc) is 2.77. The summed E-state index contributed by atoms with van der Waals surface area (Å²) in [5.74, 6) is -0.131. The van der Waals surface area contributed by atoms with E-state index in [0.29, 0.717) is 13.0 Å². The molecule has 0 unspecified atom stereocenters. The van der Waals surface area contributed by atoms with E-state index in [4.69, 9.17) is 4.74 Å². The first-order valence-electron chi connectivity index (χ1n) is 5.78. The third-order valence-electron chi connectivity index (χ3n) is 2.21. The van der Waals surface area contributed by atoms with E-state index in [-0.39, 0.29) is 5.97 Å². The lowest BCUT2D eigenvalue weighted by Crippen LogP contribution is -2.16. The number of aromatic nitrogens is 2. The van der Waals surface area contributed by atoms with Crippen molar-refractivity contribution in [2.75, 3.05) is 13.2 Å². The van der Waals surface area contributed by atoms with E-state index >= 15 is 0 Å². The maximum Gasteiger partial charge on any atom is 0.305 e. The fourth-order valence-electron chi connectivity index (χ4n) is 1.39. The Kier molecular flexibility index (Phi) is 6.03. The van der Waals surface area contributed by atoms with Gasteiger partial charge in [-0.3, -0.25) is 4.79 Å². The van der Waals surface area contributed by atoms with Crippen LogP contribution in [-0.4, -0.2) is 28.9 Å². The van der Waals surface area contributed by atoms with Crippen molar-refractivity contribution < 1.29 is 9.53 Å². The second kappa shape index (κ2) is 7.62. The van der Waals surface area contributed by atoms with Crippen LogP contribution in [-0.2, 0) is 16.1 Å². The molecule has 0 atom stereocenters. The minimum atomic E-state index is -0.131. The van der Waals surface area contributed by atoms with Crippen molar-refractivity contribution in [2.45, 2.75) is 26.3 Å². The molecule has 1 aromatic heterocycles. The summed E-state index contributed by atoms with van der Waals surface area (Å²) in [6.45, 7) is 7.42. The van der Waals surface area contributed by atoms with Crippen LogP contribution in [0.25, 0.3) is 6.20 Å². The largest absolute Gasteiger partial charge is 0.466 e.